The second-order valence-corrected chi connectivity index (χ2v) is 5.66. The van der Waals surface area contributed by atoms with Crippen LogP contribution >= 0.6 is 11.8 Å². The van der Waals surface area contributed by atoms with Gasteiger partial charge in [0, 0.05) is 31.7 Å². The summed E-state index contributed by atoms with van der Waals surface area (Å²) in [4.78, 5) is 10.5. The Morgan fingerprint density at radius 3 is 2.89 bits per heavy atom. The Balaban J connectivity index is 2.71. The van der Waals surface area contributed by atoms with Crippen molar-refractivity contribution in [3.8, 4) is 0 Å². The highest BCUT2D eigenvalue weighted by molar-refractivity contribution is 7.99. The van der Waals surface area contributed by atoms with Crippen LogP contribution in [0.5, 0.6) is 0 Å². The van der Waals surface area contributed by atoms with E-state index in [9.17, 15) is 4.79 Å². The molecule has 0 bridgehead atoms. The molecule has 6 heteroatoms. The van der Waals surface area contributed by atoms with E-state index in [1.165, 1.54) is 12.8 Å². The third kappa shape index (κ3) is 4.95. The average molecular weight is 284 g/mol. The quantitative estimate of drug-likeness (QED) is 0.404. The molecule has 0 spiro atoms. The molecule has 0 saturated heterocycles. The van der Waals surface area contributed by atoms with Crippen molar-refractivity contribution >= 4 is 18.0 Å². The van der Waals surface area contributed by atoms with Crippen molar-refractivity contribution in [2.24, 2.45) is 7.05 Å². The number of thioether (sulfide) groups is 1. The molecule has 1 N–H and O–H groups in total. The van der Waals surface area contributed by atoms with Gasteiger partial charge in [0.1, 0.15) is 12.1 Å². The zero-order valence-electron chi connectivity index (χ0n) is 12.1. The van der Waals surface area contributed by atoms with Gasteiger partial charge in [0.05, 0.1) is 0 Å². The largest absolute Gasteiger partial charge is 0.319 e. The van der Waals surface area contributed by atoms with Crippen molar-refractivity contribution in [1.29, 1.82) is 0 Å². The number of carbonyl (C=O) groups excluding carboxylic acids is 1. The van der Waals surface area contributed by atoms with Crippen LogP contribution in [-0.2, 0) is 11.8 Å². The molecule has 1 atom stereocenters. The fraction of sp³-hybridized carbons (Fsp3) is 0.769. The number of aldehydes is 1. The normalized spacial score (nSPS) is 12.6. The summed E-state index contributed by atoms with van der Waals surface area (Å²) < 4.78 is 2.06. The third-order valence-corrected chi connectivity index (χ3v) is 4.15. The van der Waals surface area contributed by atoms with Gasteiger partial charge in [-0.2, -0.15) is 0 Å². The predicted octanol–water partition coefficient (Wildman–Crippen LogP) is 1.99. The van der Waals surface area contributed by atoms with Gasteiger partial charge in [0.15, 0.2) is 5.16 Å². The molecule has 108 valence electrons. The number of unbranched alkanes of at least 4 members (excludes halogenated alkanes) is 1. The fourth-order valence-electron chi connectivity index (χ4n) is 1.95. The first-order valence-electron chi connectivity index (χ1n) is 6.84. The lowest BCUT2D eigenvalue weighted by molar-refractivity contribution is -0.108. The molecule has 0 aliphatic rings. The maximum atomic E-state index is 10.5. The van der Waals surface area contributed by atoms with Crippen molar-refractivity contribution in [3.63, 3.8) is 0 Å². The minimum absolute atomic E-state index is 0.244. The summed E-state index contributed by atoms with van der Waals surface area (Å²) in [7, 11) is 3.92. The number of aromatic nitrogens is 3. The highest BCUT2D eigenvalue weighted by atomic mass is 32.2. The summed E-state index contributed by atoms with van der Waals surface area (Å²) in [5.74, 6) is 2.29. The molecule has 5 nitrogen and oxygen atoms in total. The molecule has 0 radical (unpaired) electrons. The highest BCUT2D eigenvalue weighted by Crippen LogP contribution is 2.23. The molecule has 0 aliphatic heterocycles. The molecule has 0 saturated carbocycles. The monoisotopic (exact) mass is 284 g/mol. The van der Waals surface area contributed by atoms with Gasteiger partial charge in [0.25, 0.3) is 0 Å². The molecule has 1 aromatic rings. The predicted molar refractivity (Wildman–Crippen MR) is 78.6 cm³/mol. The topological polar surface area (TPSA) is 59.8 Å². The van der Waals surface area contributed by atoms with E-state index in [2.05, 4.69) is 27.0 Å². The highest BCUT2D eigenvalue weighted by Gasteiger charge is 2.18. The summed E-state index contributed by atoms with van der Waals surface area (Å²) in [5.41, 5.74) is 0. The Kier molecular flexibility index (Phi) is 7.74. The van der Waals surface area contributed by atoms with Gasteiger partial charge < -0.3 is 14.7 Å². The molecule has 0 amide bonds. The van der Waals surface area contributed by atoms with Gasteiger partial charge in [-0.3, -0.25) is 0 Å². The van der Waals surface area contributed by atoms with Crippen molar-refractivity contribution in [3.05, 3.63) is 5.82 Å². The van der Waals surface area contributed by atoms with Gasteiger partial charge in [-0.1, -0.05) is 25.1 Å². The fourth-order valence-corrected chi connectivity index (χ4v) is 2.95. The molecule has 1 unspecified atom stereocenters. The third-order valence-electron chi connectivity index (χ3n) is 3.05. The molecule has 0 fully saturated rings. The zero-order chi connectivity index (χ0) is 14.1. The first-order valence-corrected chi connectivity index (χ1v) is 7.83. The Morgan fingerprint density at radius 2 is 2.26 bits per heavy atom. The average Bonchev–Trinajstić information content (AvgIpc) is 2.77. The van der Waals surface area contributed by atoms with E-state index < -0.39 is 0 Å². The molecule has 0 aromatic carbocycles. The van der Waals surface area contributed by atoms with E-state index in [4.69, 9.17) is 0 Å². The smallest absolute Gasteiger partial charge is 0.190 e. The lowest BCUT2D eigenvalue weighted by atomic mass is 10.0. The van der Waals surface area contributed by atoms with Crippen molar-refractivity contribution in [1.82, 2.24) is 20.1 Å². The Bertz CT molecular complexity index is 381. The first-order chi connectivity index (χ1) is 9.24. The summed E-state index contributed by atoms with van der Waals surface area (Å²) in [6.07, 6.45) is 4.74. The van der Waals surface area contributed by atoms with Crippen LogP contribution in [0.1, 0.15) is 44.3 Å². The van der Waals surface area contributed by atoms with E-state index in [0.717, 1.165) is 36.0 Å². The van der Waals surface area contributed by atoms with E-state index in [1.54, 1.807) is 11.8 Å². The lowest BCUT2D eigenvalue weighted by Crippen LogP contribution is -2.20. The molecule has 1 rings (SSSR count). The summed E-state index contributed by atoms with van der Waals surface area (Å²) in [5, 5.41) is 12.7. The Hall–Kier alpha value is -0.880. The van der Waals surface area contributed by atoms with Gasteiger partial charge >= 0.3 is 0 Å². The van der Waals surface area contributed by atoms with Crippen LogP contribution in [0, 0.1) is 0 Å². The van der Waals surface area contributed by atoms with Crippen LogP contribution in [0.15, 0.2) is 5.16 Å². The van der Waals surface area contributed by atoms with E-state index in [-0.39, 0.29) is 5.92 Å². The standard InChI is InChI=1S/C13H24N4OS/c1-4-5-9-19-13-16-15-12(17(13)3)11(10-14-2)7-6-8-18/h8,11,14H,4-7,9-10H2,1-3H3. The van der Waals surface area contributed by atoms with Crippen LogP contribution in [0.4, 0.5) is 0 Å². The summed E-state index contributed by atoms with van der Waals surface area (Å²) in [6.45, 7) is 3.00. The minimum Gasteiger partial charge on any atom is -0.319 e. The van der Waals surface area contributed by atoms with Crippen LogP contribution in [0.2, 0.25) is 0 Å². The van der Waals surface area contributed by atoms with Crippen LogP contribution < -0.4 is 5.32 Å². The van der Waals surface area contributed by atoms with Crippen LogP contribution in [-0.4, -0.2) is 40.4 Å². The lowest BCUT2D eigenvalue weighted by Gasteiger charge is -2.14. The van der Waals surface area contributed by atoms with Crippen LogP contribution in [0.3, 0.4) is 0 Å². The van der Waals surface area contributed by atoms with Crippen molar-refractivity contribution in [2.75, 3.05) is 19.3 Å². The molecule has 1 heterocycles. The number of nitrogens with one attached hydrogen (secondary N) is 1. The number of hydrogen-bond donors (Lipinski definition) is 1. The van der Waals surface area contributed by atoms with Crippen molar-refractivity contribution < 1.29 is 4.79 Å². The van der Waals surface area contributed by atoms with Gasteiger partial charge in [-0.25, -0.2) is 0 Å². The summed E-state index contributed by atoms with van der Waals surface area (Å²) >= 11 is 1.75. The second kappa shape index (κ2) is 9.09. The SMILES string of the molecule is CCCCSc1nnc(C(CCC=O)CNC)n1C. The molecular weight excluding hydrogens is 260 g/mol. The van der Waals surface area contributed by atoms with Crippen LogP contribution in [0.25, 0.3) is 0 Å². The number of nitrogens with zero attached hydrogens (tertiary/aromatic N) is 3. The Morgan fingerprint density at radius 1 is 1.47 bits per heavy atom. The number of carbonyl (C=O) groups is 1. The molecule has 19 heavy (non-hydrogen) atoms. The first kappa shape index (κ1) is 16.2. The number of rotatable bonds is 10. The van der Waals surface area contributed by atoms with Gasteiger partial charge in [-0.15, -0.1) is 10.2 Å². The molecular formula is C13H24N4OS. The number of likely N-dealkylation sites (N-methyl/N-ethyl adjacent to an activating group) is 1. The minimum atomic E-state index is 0.244. The van der Waals surface area contributed by atoms with Gasteiger partial charge in [-0.05, 0) is 19.9 Å². The zero-order valence-corrected chi connectivity index (χ0v) is 12.9. The van der Waals surface area contributed by atoms with E-state index in [1.807, 2.05) is 14.1 Å². The van der Waals surface area contributed by atoms with E-state index in [0.29, 0.717) is 6.42 Å². The van der Waals surface area contributed by atoms with Crippen molar-refractivity contribution in [2.45, 2.75) is 43.7 Å². The second-order valence-electron chi connectivity index (χ2n) is 4.60. The van der Waals surface area contributed by atoms with E-state index >= 15 is 0 Å². The molecule has 1 aromatic heterocycles. The van der Waals surface area contributed by atoms with Gasteiger partial charge in [0.2, 0.25) is 0 Å². The molecule has 0 aliphatic carbocycles. The maximum Gasteiger partial charge on any atom is 0.190 e. The summed E-state index contributed by atoms with van der Waals surface area (Å²) in [6, 6.07) is 0. The Labute approximate surface area is 119 Å². The number of hydrogen-bond acceptors (Lipinski definition) is 5. The maximum absolute atomic E-state index is 10.5.